The molecule has 0 aliphatic carbocycles. The normalized spacial score (nSPS) is 10.3. The van der Waals surface area contributed by atoms with Crippen LogP contribution in [0.15, 0.2) is 28.8 Å². The summed E-state index contributed by atoms with van der Waals surface area (Å²) in [7, 11) is 0. The summed E-state index contributed by atoms with van der Waals surface area (Å²) in [5, 5.41) is 9.72. The van der Waals surface area contributed by atoms with E-state index in [9.17, 15) is 9.59 Å². The van der Waals surface area contributed by atoms with Crippen LogP contribution in [0.3, 0.4) is 0 Å². The number of aryl methyl sites for hydroxylation is 2. The van der Waals surface area contributed by atoms with Crippen LogP contribution in [0.2, 0.25) is 5.02 Å². The van der Waals surface area contributed by atoms with Gasteiger partial charge in [-0.25, -0.2) is 0 Å². The van der Waals surface area contributed by atoms with E-state index in [-0.39, 0.29) is 11.8 Å². The number of nitrogens with one attached hydrogen (secondary N) is 2. The summed E-state index contributed by atoms with van der Waals surface area (Å²) in [5.41, 5.74) is 1.49. The van der Waals surface area contributed by atoms with E-state index >= 15 is 0 Å². The highest BCUT2D eigenvalue weighted by molar-refractivity contribution is 6.30. The predicted molar refractivity (Wildman–Crippen MR) is 82.1 cm³/mol. The van der Waals surface area contributed by atoms with Crippen LogP contribution in [-0.4, -0.2) is 30.1 Å². The van der Waals surface area contributed by atoms with Gasteiger partial charge >= 0.3 is 0 Å². The Bertz CT molecular complexity index is 660. The molecule has 0 bridgehead atoms. The highest BCUT2D eigenvalue weighted by Gasteiger charge is 2.16. The van der Waals surface area contributed by atoms with Crippen molar-refractivity contribution in [1.29, 1.82) is 0 Å². The van der Waals surface area contributed by atoms with E-state index in [1.807, 2.05) is 0 Å². The summed E-state index contributed by atoms with van der Waals surface area (Å²) in [6.45, 7) is 4.00. The van der Waals surface area contributed by atoms with Crippen molar-refractivity contribution in [2.24, 2.45) is 0 Å². The van der Waals surface area contributed by atoms with Crippen LogP contribution in [-0.2, 0) is 0 Å². The van der Waals surface area contributed by atoms with Crippen LogP contribution in [0.4, 0.5) is 0 Å². The van der Waals surface area contributed by atoms with Gasteiger partial charge in [-0.15, -0.1) is 0 Å². The highest BCUT2D eigenvalue weighted by Crippen LogP contribution is 2.11. The molecule has 0 aliphatic rings. The lowest BCUT2D eigenvalue weighted by molar-refractivity contribution is 0.0926. The van der Waals surface area contributed by atoms with Gasteiger partial charge in [0.25, 0.3) is 11.8 Å². The van der Waals surface area contributed by atoms with E-state index in [0.717, 1.165) is 0 Å². The largest absolute Gasteiger partial charge is 0.361 e. The molecule has 7 heteroatoms. The molecule has 1 aromatic heterocycles. The number of carbonyl (C=O) groups is 2. The van der Waals surface area contributed by atoms with Gasteiger partial charge in [0.2, 0.25) is 0 Å². The first kappa shape index (κ1) is 16.0. The summed E-state index contributed by atoms with van der Waals surface area (Å²) >= 11 is 5.76. The van der Waals surface area contributed by atoms with Gasteiger partial charge < -0.3 is 15.2 Å². The molecule has 0 spiro atoms. The second-order valence-electron chi connectivity index (χ2n) is 4.72. The monoisotopic (exact) mass is 321 g/mol. The Morgan fingerprint density at radius 2 is 1.68 bits per heavy atom. The minimum absolute atomic E-state index is 0.219. The molecule has 0 radical (unpaired) electrons. The van der Waals surface area contributed by atoms with E-state index in [0.29, 0.717) is 40.7 Å². The molecule has 0 aliphatic heterocycles. The molecule has 2 N–H and O–H groups in total. The van der Waals surface area contributed by atoms with Gasteiger partial charge in [-0.2, -0.15) is 0 Å². The standard InChI is InChI=1S/C15H16ClN3O3/c1-9-13(10(2)22-19-9)15(21)18-8-7-17-14(20)11-3-5-12(16)6-4-11/h3-6H,7-8H2,1-2H3,(H,17,20)(H,18,21). The predicted octanol–water partition coefficient (Wildman–Crippen LogP) is 2.10. The fourth-order valence-corrected chi connectivity index (χ4v) is 2.08. The number of hydrogen-bond donors (Lipinski definition) is 2. The molecule has 0 saturated heterocycles. The van der Waals surface area contributed by atoms with Crippen molar-refractivity contribution in [3.05, 3.63) is 51.9 Å². The molecule has 0 fully saturated rings. The summed E-state index contributed by atoms with van der Waals surface area (Å²) in [6.07, 6.45) is 0. The van der Waals surface area contributed by atoms with Crippen molar-refractivity contribution in [2.45, 2.75) is 13.8 Å². The lowest BCUT2D eigenvalue weighted by atomic mass is 10.2. The smallest absolute Gasteiger partial charge is 0.256 e. The number of amides is 2. The van der Waals surface area contributed by atoms with Gasteiger partial charge in [-0.3, -0.25) is 9.59 Å². The van der Waals surface area contributed by atoms with E-state index in [1.54, 1.807) is 38.1 Å². The molecule has 2 amide bonds. The van der Waals surface area contributed by atoms with Crippen molar-refractivity contribution >= 4 is 23.4 Å². The second-order valence-corrected chi connectivity index (χ2v) is 5.15. The summed E-state index contributed by atoms with van der Waals surface area (Å²) in [5.74, 6) is -0.0135. The van der Waals surface area contributed by atoms with Crippen molar-refractivity contribution in [3.8, 4) is 0 Å². The molecular formula is C15H16ClN3O3. The molecule has 116 valence electrons. The Hall–Kier alpha value is -2.34. The van der Waals surface area contributed by atoms with Crippen LogP contribution >= 0.6 is 11.6 Å². The third-order valence-corrected chi connectivity index (χ3v) is 3.31. The number of rotatable bonds is 5. The van der Waals surface area contributed by atoms with Gasteiger partial charge in [0.15, 0.2) is 0 Å². The van der Waals surface area contributed by atoms with Crippen LogP contribution < -0.4 is 10.6 Å². The second kappa shape index (κ2) is 7.09. The average molecular weight is 322 g/mol. The van der Waals surface area contributed by atoms with Crippen LogP contribution in [0.25, 0.3) is 0 Å². The highest BCUT2D eigenvalue weighted by atomic mass is 35.5. The zero-order valence-electron chi connectivity index (χ0n) is 12.3. The lowest BCUT2D eigenvalue weighted by Gasteiger charge is -2.07. The maximum Gasteiger partial charge on any atom is 0.256 e. The van der Waals surface area contributed by atoms with Gasteiger partial charge in [0.05, 0.1) is 5.69 Å². The van der Waals surface area contributed by atoms with Gasteiger partial charge in [-0.05, 0) is 38.1 Å². The molecule has 1 heterocycles. The molecule has 2 rings (SSSR count). The van der Waals surface area contributed by atoms with Crippen LogP contribution in [0, 0.1) is 13.8 Å². The molecule has 22 heavy (non-hydrogen) atoms. The molecule has 2 aromatic rings. The first-order valence-corrected chi connectivity index (χ1v) is 7.11. The van der Waals surface area contributed by atoms with Gasteiger partial charge in [0.1, 0.15) is 11.3 Å². The number of nitrogens with zero attached hydrogens (tertiary/aromatic N) is 1. The molecule has 1 aromatic carbocycles. The van der Waals surface area contributed by atoms with Gasteiger partial charge in [0, 0.05) is 23.7 Å². The molecule has 6 nitrogen and oxygen atoms in total. The van der Waals surface area contributed by atoms with Crippen LogP contribution in [0.1, 0.15) is 32.2 Å². The summed E-state index contributed by atoms with van der Waals surface area (Å²) < 4.78 is 4.94. The summed E-state index contributed by atoms with van der Waals surface area (Å²) in [4.78, 5) is 23.8. The Morgan fingerprint density at radius 3 is 2.23 bits per heavy atom. The molecule has 0 unspecified atom stereocenters. The number of aromatic nitrogens is 1. The first-order chi connectivity index (χ1) is 10.5. The number of benzene rings is 1. The minimum Gasteiger partial charge on any atom is -0.361 e. The zero-order chi connectivity index (χ0) is 16.1. The lowest BCUT2D eigenvalue weighted by Crippen LogP contribution is -2.35. The SMILES string of the molecule is Cc1noc(C)c1C(=O)NCCNC(=O)c1ccc(Cl)cc1. The number of carbonyl (C=O) groups excluding carboxylic acids is 2. The van der Waals surface area contributed by atoms with Crippen molar-refractivity contribution in [2.75, 3.05) is 13.1 Å². The third-order valence-electron chi connectivity index (χ3n) is 3.06. The Kier molecular flexibility index (Phi) is 5.16. The van der Waals surface area contributed by atoms with E-state index in [1.165, 1.54) is 0 Å². The Labute approximate surface area is 132 Å². The van der Waals surface area contributed by atoms with Crippen LogP contribution in [0.5, 0.6) is 0 Å². The van der Waals surface area contributed by atoms with Crippen molar-refractivity contribution in [1.82, 2.24) is 15.8 Å². The van der Waals surface area contributed by atoms with Crippen molar-refractivity contribution < 1.29 is 14.1 Å². The maximum absolute atomic E-state index is 12.0. The maximum atomic E-state index is 12.0. The number of halogens is 1. The fraction of sp³-hybridized carbons (Fsp3) is 0.267. The summed E-state index contributed by atoms with van der Waals surface area (Å²) in [6, 6.07) is 6.58. The van der Waals surface area contributed by atoms with E-state index in [4.69, 9.17) is 16.1 Å². The number of hydrogen-bond acceptors (Lipinski definition) is 4. The molecule has 0 atom stereocenters. The molecule has 0 saturated carbocycles. The average Bonchev–Trinajstić information content (AvgIpc) is 2.83. The topological polar surface area (TPSA) is 84.2 Å². The van der Waals surface area contributed by atoms with E-state index < -0.39 is 0 Å². The minimum atomic E-state index is -0.267. The van der Waals surface area contributed by atoms with Gasteiger partial charge in [-0.1, -0.05) is 16.8 Å². The Balaban J connectivity index is 1.78. The first-order valence-electron chi connectivity index (χ1n) is 6.74. The zero-order valence-corrected chi connectivity index (χ0v) is 13.0. The fourth-order valence-electron chi connectivity index (χ4n) is 1.95. The quantitative estimate of drug-likeness (QED) is 0.826. The van der Waals surface area contributed by atoms with E-state index in [2.05, 4.69) is 15.8 Å². The van der Waals surface area contributed by atoms with Crippen molar-refractivity contribution in [3.63, 3.8) is 0 Å². The molecular weight excluding hydrogens is 306 g/mol. The third kappa shape index (κ3) is 3.85. The Morgan fingerprint density at radius 1 is 1.09 bits per heavy atom.